The summed E-state index contributed by atoms with van der Waals surface area (Å²) in [6.07, 6.45) is 1.16. The van der Waals surface area contributed by atoms with E-state index < -0.39 is 6.04 Å². The topological polar surface area (TPSA) is 49.4 Å². The molecular weight excluding hydrogens is 491 g/mol. The van der Waals surface area contributed by atoms with Gasteiger partial charge in [0.2, 0.25) is 11.8 Å². The van der Waals surface area contributed by atoms with Crippen molar-refractivity contribution in [3.05, 3.63) is 105 Å². The molecule has 0 aromatic heterocycles. The summed E-state index contributed by atoms with van der Waals surface area (Å²) in [7, 11) is 0. The van der Waals surface area contributed by atoms with Gasteiger partial charge in [0.25, 0.3) is 0 Å². The Balaban J connectivity index is 1.98. The first-order valence-electron chi connectivity index (χ1n) is 11.2. The van der Waals surface area contributed by atoms with Crippen LogP contribution >= 0.6 is 34.8 Å². The quantitative estimate of drug-likeness (QED) is 0.340. The number of halogens is 3. The molecule has 0 aliphatic heterocycles. The maximum atomic E-state index is 13.7. The third kappa shape index (κ3) is 7.23. The van der Waals surface area contributed by atoms with Crippen LogP contribution in [0.4, 0.5) is 0 Å². The van der Waals surface area contributed by atoms with Crippen LogP contribution in [0.3, 0.4) is 0 Å². The van der Waals surface area contributed by atoms with Crippen molar-refractivity contribution in [1.29, 1.82) is 0 Å². The van der Waals surface area contributed by atoms with Crippen LogP contribution in [-0.4, -0.2) is 29.3 Å². The Morgan fingerprint density at radius 2 is 1.50 bits per heavy atom. The highest BCUT2D eigenvalue weighted by Crippen LogP contribution is 2.26. The zero-order chi connectivity index (χ0) is 24.5. The minimum Gasteiger partial charge on any atom is -0.354 e. The number of hydrogen-bond acceptors (Lipinski definition) is 2. The second-order valence-electron chi connectivity index (χ2n) is 8.02. The van der Waals surface area contributed by atoms with E-state index in [1.54, 1.807) is 35.2 Å². The highest BCUT2D eigenvalue weighted by Gasteiger charge is 2.31. The van der Waals surface area contributed by atoms with E-state index in [-0.39, 0.29) is 24.8 Å². The molecule has 0 spiro atoms. The van der Waals surface area contributed by atoms with Crippen LogP contribution in [0.5, 0.6) is 0 Å². The minimum absolute atomic E-state index is 0.0154. The molecule has 0 aliphatic carbocycles. The van der Waals surface area contributed by atoms with Crippen LogP contribution < -0.4 is 5.32 Å². The van der Waals surface area contributed by atoms with Crippen molar-refractivity contribution in [2.24, 2.45) is 0 Å². The van der Waals surface area contributed by atoms with Crippen molar-refractivity contribution in [2.45, 2.75) is 38.8 Å². The van der Waals surface area contributed by atoms with Crippen molar-refractivity contribution in [2.75, 3.05) is 6.54 Å². The number of rotatable bonds is 10. The van der Waals surface area contributed by atoms with E-state index in [9.17, 15) is 9.59 Å². The Kier molecular flexibility index (Phi) is 9.82. The molecule has 0 saturated heterocycles. The SMILES string of the molecule is CCCNC(=O)C(Cc1ccccc1)N(Cc1ccc(Cl)cc1)C(=O)Cc1c(Cl)cccc1Cl. The summed E-state index contributed by atoms with van der Waals surface area (Å²) in [6, 6.07) is 21.4. The fourth-order valence-corrected chi connectivity index (χ4v) is 4.32. The first-order chi connectivity index (χ1) is 16.4. The molecule has 0 fully saturated rings. The van der Waals surface area contributed by atoms with Crippen LogP contribution in [0.15, 0.2) is 72.8 Å². The molecule has 0 radical (unpaired) electrons. The van der Waals surface area contributed by atoms with Crippen molar-refractivity contribution in [3.8, 4) is 0 Å². The molecule has 4 nitrogen and oxygen atoms in total. The largest absolute Gasteiger partial charge is 0.354 e. The van der Waals surface area contributed by atoms with Crippen molar-refractivity contribution >= 4 is 46.6 Å². The van der Waals surface area contributed by atoms with Crippen molar-refractivity contribution < 1.29 is 9.59 Å². The number of hydrogen-bond donors (Lipinski definition) is 1. The van der Waals surface area contributed by atoms with Gasteiger partial charge in [-0.2, -0.15) is 0 Å². The Morgan fingerprint density at radius 3 is 2.12 bits per heavy atom. The first kappa shape index (κ1) is 26.1. The summed E-state index contributed by atoms with van der Waals surface area (Å²) < 4.78 is 0. The Bertz CT molecular complexity index is 1080. The van der Waals surface area contributed by atoms with E-state index in [1.165, 1.54) is 0 Å². The van der Waals surface area contributed by atoms with Crippen LogP contribution in [0, 0.1) is 0 Å². The number of nitrogens with zero attached hydrogens (tertiary/aromatic N) is 1. The van der Waals surface area contributed by atoms with Crippen molar-refractivity contribution in [3.63, 3.8) is 0 Å². The molecule has 0 aliphatic rings. The molecule has 178 valence electrons. The van der Waals surface area contributed by atoms with Crippen LogP contribution in [0.2, 0.25) is 15.1 Å². The van der Waals surface area contributed by atoms with E-state index in [0.29, 0.717) is 33.6 Å². The smallest absolute Gasteiger partial charge is 0.243 e. The standard InChI is InChI=1S/C27H27Cl3N2O2/c1-2-15-31-27(34)25(16-19-7-4-3-5-8-19)32(18-20-11-13-21(28)14-12-20)26(33)17-22-23(29)9-6-10-24(22)30/h3-14,25H,2,15-18H2,1H3,(H,31,34). The minimum atomic E-state index is -0.710. The fourth-order valence-electron chi connectivity index (χ4n) is 3.66. The van der Waals surface area contributed by atoms with Crippen LogP contribution in [-0.2, 0) is 29.0 Å². The van der Waals surface area contributed by atoms with E-state index in [1.807, 2.05) is 49.4 Å². The number of carbonyl (C=O) groups is 2. The zero-order valence-electron chi connectivity index (χ0n) is 18.9. The summed E-state index contributed by atoms with van der Waals surface area (Å²) in [5, 5.41) is 4.40. The Morgan fingerprint density at radius 1 is 0.853 bits per heavy atom. The molecule has 1 unspecified atom stereocenters. The Labute approximate surface area is 215 Å². The normalized spacial score (nSPS) is 11.6. The Hall–Kier alpha value is -2.53. The van der Waals surface area contributed by atoms with Gasteiger partial charge in [-0.25, -0.2) is 0 Å². The molecule has 3 aromatic carbocycles. The van der Waals surface area contributed by atoms with Crippen molar-refractivity contribution in [1.82, 2.24) is 10.2 Å². The average Bonchev–Trinajstić information content (AvgIpc) is 2.84. The number of benzene rings is 3. The van der Waals surface area contributed by atoms with Gasteiger partial charge in [-0.1, -0.05) is 90.3 Å². The molecule has 1 N–H and O–H groups in total. The van der Waals surface area contributed by atoms with Gasteiger partial charge in [-0.3, -0.25) is 9.59 Å². The predicted octanol–water partition coefficient (Wildman–Crippen LogP) is 6.36. The summed E-state index contributed by atoms with van der Waals surface area (Å²) in [5.74, 6) is -0.434. The fraction of sp³-hybridized carbons (Fsp3) is 0.259. The summed E-state index contributed by atoms with van der Waals surface area (Å²) in [6.45, 7) is 2.76. The summed E-state index contributed by atoms with van der Waals surface area (Å²) in [5.41, 5.74) is 2.37. The lowest BCUT2D eigenvalue weighted by Crippen LogP contribution is -2.51. The highest BCUT2D eigenvalue weighted by atomic mass is 35.5. The summed E-state index contributed by atoms with van der Waals surface area (Å²) >= 11 is 18.8. The molecule has 7 heteroatoms. The molecule has 0 bridgehead atoms. The lowest BCUT2D eigenvalue weighted by Gasteiger charge is -2.32. The lowest BCUT2D eigenvalue weighted by atomic mass is 10.0. The number of carbonyl (C=O) groups excluding carboxylic acids is 2. The van der Waals surface area contributed by atoms with Gasteiger partial charge in [0.15, 0.2) is 0 Å². The summed E-state index contributed by atoms with van der Waals surface area (Å²) in [4.78, 5) is 28.6. The van der Waals surface area contributed by atoms with Gasteiger partial charge in [-0.15, -0.1) is 0 Å². The molecule has 0 heterocycles. The second-order valence-corrected chi connectivity index (χ2v) is 9.27. The maximum Gasteiger partial charge on any atom is 0.243 e. The maximum absolute atomic E-state index is 13.7. The van der Waals surface area contributed by atoms with Crippen LogP contribution in [0.25, 0.3) is 0 Å². The third-order valence-electron chi connectivity index (χ3n) is 5.48. The van der Waals surface area contributed by atoms with E-state index in [2.05, 4.69) is 5.32 Å². The van der Waals surface area contributed by atoms with Gasteiger partial charge < -0.3 is 10.2 Å². The molecule has 2 amide bonds. The molecule has 3 aromatic rings. The first-order valence-corrected chi connectivity index (χ1v) is 12.3. The van der Waals surface area contributed by atoms with E-state index in [4.69, 9.17) is 34.8 Å². The molecule has 34 heavy (non-hydrogen) atoms. The van der Waals surface area contributed by atoms with E-state index in [0.717, 1.165) is 17.5 Å². The van der Waals surface area contributed by atoms with Crippen LogP contribution in [0.1, 0.15) is 30.0 Å². The third-order valence-corrected chi connectivity index (χ3v) is 6.44. The number of nitrogens with one attached hydrogen (secondary N) is 1. The number of amides is 2. The average molecular weight is 518 g/mol. The van der Waals surface area contributed by atoms with Gasteiger partial charge in [0.1, 0.15) is 6.04 Å². The highest BCUT2D eigenvalue weighted by molar-refractivity contribution is 6.36. The molecular formula is C27H27Cl3N2O2. The van der Waals surface area contributed by atoms with Gasteiger partial charge in [-0.05, 0) is 47.4 Å². The zero-order valence-corrected chi connectivity index (χ0v) is 21.2. The molecule has 1 atom stereocenters. The lowest BCUT2D eigenvalue weighted by molar-refractivity contribution is -0.140. The predicted molar refractivity (Wildman–Crippen MR) is 139 cm³/mol. The van der Waals surface area contributed by atoms with Gasteiger partial charge in [0, 0.05) is 34.6 Å². The molecule has 0 saturated carbocycles. The van der Waals surface area contributed by atoms with Gasteiger partial charge >= 0.3 is 0 Å². The monoisotopic (exact) mass is 516 g/mol. The second kappa shape index (κ2) is 12.8. The molecule has 3 rings (SSSR count). The van der Waals surface area contributed by atoms with E-state index >= 15 is 0 Å². The van der Waals surface area contributed by atoms with Gasteiger partial charge in [0.05, 0.1) is 6.42 Å².